The maximum absolute atomic E-state index is 13.6. The molecule has 0 aliphatic carbocycles. The number of nitrogens with zero attached hydrogens (tertiary/aromatic N) is 1. The fraction of sp³-hybridized carbons (Fsp3) is 0.632. The number of benzene rings is 1. The molecule has 0 radical (unpaired) electrons. The number of aliphatic imine (C=N–C) groups is 1. The SMILES string of the molecule is CCNC(=NCCCOCC1CCCO1)NCCc1cc(F)ccc1F. The van der Waals surface area contributed by atoms with Crippen LogP contribution in [0.3, 0.4) is 0 Å². The van der Waals surface area contributed by atoms with E-state index in [0.29, 0.717) is 44.2 Å². The average molecular weight is 369 g/mol. The monoisotopic (exact) mass is 369 g/mol. The molecule has 146 valence electrons. The van der Waals surface area contributed by atoms with Gasteiger partial charge in [-0.05, 0) is 56.4 Å². The minimum absolute atomic E-state index is 0.251. The summed E-state index contributed by atoms with van der Waals surface area (Å²) in [5.74, 6) is -0.146. The molecule has 0 saturated carbocycles. The fourth-order valence-electron chi connectivity index (χ4n) is 2.74. The summed E-state index contributed by atoms with van der Waals surface area (Å²) in [6.07, 6.45) is 3.66. The number of rotatable bonds is 10. The Balaban J connectivity index is 1.64. The van der Waals surface area contributed by atoms with Gasteiger partial charge in [0.15, 0.2) is 5.96 Å². The maximum atomic E-state index is 13.6. The standard InChI is InChI=1S/C19H29F2N3O2/c1-2-22-19(23-9-4-11-25-14-17-5-3-12-26-17)24-10-8-15-13-16(20)6-7-18(15)21/h6-7,13,17H,2-5,8-12,14H2,1H3,(H2,22,23,24). The molecule has 2 rings (SSSR count). The summed E-state index contributed by atoms with van der Waals surface area (Å²) in [6.45, 7) is 5.97. The van der Waals surface area contributed by atoms with Gasteiger partial charge in [0.1, 0.15) is 11.6 Å². The van der Waals surface area contributed by atoms with Crippen molar-refractivity contribution in [3.05, 3.63) is 35.4 Å². The highest BCUT2D eigenvalue weighted by Gasteiger charge is 2.14. The highest BCUT2D eigenvalue weighted by molar-refractivity contribution is 5.79. The molecule has 1 aliphatic rings. The van der Waals surface area contributed by atoms with Crippen molar-refractivity contribution < 1.29 is 18.3 Å². The molecule has 26 heavy (non-hydrogen) atoms. The molecule has 5 nitrogen and oxygen atoms in total. The van der Waals surface area contributed by atoms with Crippen LogP contribution < -0.4 is 10.6 Å². The minimum Gasteiger partial charge on any atom is -0.379 e. The molecule has 2 N–H and O–H groups in total. The highest BCUT2D eigenvalue weighted by Crippen LogP contribution is 2.12. The van der Waals surface area contributed by atoms with Gasteiger partial charge < -0.3 is 20.1 Å². The Morgan fingerprint density at radius 3 is 3.00 bits per heavy atom. The molecule has 1 aliphatic heterocycles. The van der Waals surface area contributed by atoms with Gasteiger partial charge in [-0.15, -0.1) is 0 Å². The molecular weight excluding hydrogens is 340 g/mol. The Hall–Kier alpha value is -1.73. The van der Waals surface area contributed by atoms with Gasteiger partial charge in [0, 0.05) is 32.8 Å². The smallest absolute Gasteiger partial charge is 0.191 e. The second-order valence-corrected chi connectivity index (χ2v) is 6.24. The van der Waals surface area contributed by atoms with Crippen LogP contribution >= 0.6 is 0 Å². The zero-order valence-electron chi connectivity index (χ0n) is 15.4. The predicted octanol–water partition coefficient (Wildman–Crippen LogP) is 2.65. The van der Waals surface area contributed by atoms with Crippen molar-refractivity contribution >= 4 is 5.96 Å². The molecule has 1 fully saturated rings. The first-order valence-corrected chi connectivity index (χ1v) is 9.34. The van der Waals surface area contributed by atoms with E-state index in [0.717, 1.165) is 44.5 Å². The van der Waals surface area contributed by atoms with Crippen molar-refractivity contribution in [2.24, 2.45) is 4.99 Å². The Morgan fingerprint density at radius 2 is 2.23 bits per heavy atom. The molecule has 1 saturated heterocycles. The Bertz CT molecular complexity index is 564. The lowest BCUT2D eigenvalue weighted by Gasteiger charge is -2.12. The lowest BCUT2D eigenvalue weighted by atomic mass is 10.1. The van der Waals surface area contributed by atoms with Crippen LogP contribution in [0.25, 0.3) is 0 Å². The van der Waals surface area contributed by atoms with Crippen molar-refractivity contribution in [3.8, 4) is 0 Å². The molecule has 0 bridgehead atoms. The van der Waals surface area contributed by atoms with Gasteiger partial charge in [0.2, 0.25) is 0 Å². The van der Waals surface area contributed by atoms with Crippen molar-refractivity contribution in [2.45, 2.75) is 38.7 Å². The first kappa shape index (κ1) is 20.6. The van der Waals surface area contributed by atoms with E-state index in [4.69, 9.17) is 9.47 Å². The molecule has 0 amide bonds. The van der Waals surface area contributed by atoms with Crippen molar-refractivity contribution in [3.63, 3.8) is 0 Å². The number of halogens is 2. The summed E-state index contributed by atoms with van der Waals surface area (Å²) in [5.41, 5.74) is 0.357. The summed E-state index contributed by atoms with van der Waals surface area (Å²) in [7, 11) is 0. The average Bonchev–Trinajstić information content (AvgIpc) is 3.14. The molecule has 1 unspecified atom stereocenters. The quantitative estimate of drug-likeness (QED) is 0.378. The van der Waals surface area contributed by atoms with Gasteiger partial charge in [-0.25, -0.2) is 8.78 Å². The van der Waals surface area contributed by atoms with Gasteiger partial charge in [0.05, 0.1) is 12.7 Å². The fourth-order valence-corrected chi connectivity index (χ4v) is 2.74. The van der Waals surface area contributed by atoms with Crippen LogP contribution in [0.4, 0.5) is 8.78 Å². The molecule has 1 aromatic carbocycles. The Morgan fingerprint density at radius 1 is 1.35 bits per heavy atom. The van der Waals surface area contributed by atoms with Gasteiger partial charge in [0.25, 0.3) is 0 Å². The van der Waals surface area contributed by atoms with Crippen LogP contribution in [0, 0.1) is 11.6 Å². The largest absolute Gasteiger partial charge is 0.379 e. The third-order valence-electron chi connectivity index (χ3n) is 4.08. The third kappa shape index (κ3) is 7.66. The highest BCUT2D eigenvalue weighted by atomic mass is 19.1. The van der Waals surface area contributed by atoms with Gasteiger partial charge in [-0.1, -0.05) is 0 Å². The van der Waals surface area contributed by atoms with E-state index < -0.39 is 11.6 Å². The second-order valence-electron chi connectivity index (χ2n) is 6.24. The summed E-state index contributed by atoms with van der Waals surface area (Å²) in [6, 6.07) is 3.51. The van der Waals surface area contributed by atoms with Gasteiger partial charge >= 0.3 is 0 Å². The molecular formula is C19H29F2N3O2. The van der Waals surface area contributed by atoms with E-state index in [1.54, 1.807) is 0 Å². The lowest BCUT2D eigenvalue weighted by Crippen LogP contribution is -2.38. The van der Waals surface area contributed by atoms with Crippen LogP contribution in [0.5, 0.6) is 0 Å². The number of nitrogens with one attached hydrogen (secondary N) is 2. The first-order chi connectivity index (χ1) is 12.7. The second kappa shape index (κ2) is 11.8. The summed E-state index contributed by atoms with van der Waals surface area (Å²) >= 11 is 0. The normalized spacial score (nSPS) is 17.5. The van der Waals surface area contributed by atoms with Crippen molar-refractivity contribution in [1.82, 2.24) is 10.6 Å². The van der Waals surface area contributed by atoms with Crippen molar-refractivity contribution in [1.29, 1.82) is 0 Å². The van der Waals surface area contributed by atoms with Crippen LogP contribution in [0.15, 0.2) is 23.2 Å². The maximum Gasteiger partial charge on any atom is 0.191 e. The minimum atomic E-state index is -0.426. The summed E-state index contributed by atoms with van der Waals surface area (Å²) in [4.78, 5) is 4.47. The zero-order valence-corrected chi connectivity index (χ0v) is 15.4. The number of hydrogen-bond donors (Lipinski definition) is 2. The van der Waals surface area contributed by atoms with E-state index >= 15 is 0 Å². The number of ether oxygens (including phenoxy) is 2. The Labute approximate surface area is 154 Å². The van der Waals surface area contributed by atoms with Crippen LogP contribution in [-0.4, -0.2) is 51.5 Å². The molecule has 1 aromatic rings. The first-order valence-electron chi connectivity index (χ1n) is 9.34. The zero-order chi connectivity index (χ0) is 18.6. The van der Waals surface area contributed by atoms with E-state index in [9.17, 15) is 8.78 Å². The number of hydrogen-bond acceptors (Lipinski definition) is 3. The van der Waals surface area contributed by atoms with Crippen LogP contribution in [0.1, 0.15) is 31.7 Å². The van der Waals surface area contributed by atoms with E-state index in [-0.39, 0.29) is 6.10 Å². The molecule has 1 heterocycles. The molecule has 7 heteroatoms. The van der Waals surface area contributed by atoms with E-state index in [1.807, 2.05) is 6.92 Å². The molecule has 0 spiro atoms. The predicted molar refractivity (Wildman–Crippen MR) is 98.5 cm³/mol. The van der Waals surface area contributed by atoms with E-state index in [1.165, 1.54) is 6.07 Å². The van der Waals surface area contributed by atoms with Crippen LogP contribution in [-0.2, 0) is 15.9 Å². The molecule has 0 aromatic heterocycles. The Kier molecular flexibility index (Phi) is 9.34. The van der Waals surface area contributed by atoms with Crippen LogP contribution in [0.2, 0.25) is 0 Å². The van der Waals surface area contributed by atoms with E-state index in [2.05, 4.69) is 15.6 Å². The topological polar surface area (TPSA) is 54.9 Å². The van der Waals surface area contributed by atoms with Gasteiger partial charge in [-0.3, -0.25) is 4.99 Å². The van der Waals surface area contributed by atoms with Gasteiger partial charge in [-0.2, -0.15) is 0 Å². The summed E-state index contributed by atoms with van der Waals surface area (Å²) in [5, 5.41) is 6.28. The summed E-state index contributed by atoms with van der Waals surface area (Å²) < 4.78 is 37.9. The van der Waals surface area contributed by atoms with Crippen molar-refractivity contribution in [2.75, 3.05) is 39.5 Å². The third-order valence-corrected chi connectivity index (χ3v) is 4.08. The number of guanidine groups is 1. The lowest BCUT2D eigenvalue weighted by molar-refractivity contribution is 0.0171. The molecule has 1 atom stereocenters.